The van der Waals surface area contributed by atoms with Crippen molar-refractivity contribution in [1.82, 2.24) is 0 Å². The van der Waals surface area contributed by atoms with Gasteiger partial charge < -0.3 is 13.9 Å². The van der Waals surface area contributed by atoms with E-state index < -0.39 is 10.8 Å². The van der Waals surface area contributed by atoms with E-state index in [4.69, 9.17) is 13.9 Å². The molecular weight excluding hydrogens is 292 g/mol. The maximum atomic E-state index is 12.3. The predicted octanol–water partition coefficient (Wildman–Crippen LogP) is 2.43. The lowest BCUT2D eigenvalue weighted by molar-refractivity contribution is 0.0991. The number of furan rings is 1. The first-order valence-corrected chi connectivity index (χ1v) is 7.90. The first-order chi connectivity index (χ1) is 10.2. The highest BCUT2D eigenvalue weighted by Gasteiger charge is 2.17. The van der Waals surface area contributed by atoms with Gasteiger partial charge in [0.05, 0.1) is 36.0 Å². The van der Waals surface area contributed by atoms with Crippen LogP contribution in [-0.4, -0.2) is 29.0 Å². The summed E-state index contributed by atoms with van der Waals surface area (Å²) in [7, 11) is -1.45. The van der Waals surface area contributed by atoms with Crippen LogP contribution in [0.25, 0.3) is 0 Å². The molecule has 0 spiro atoms. The Morgan fingerprint density at radius 1 is 1.14 bits per heavy atom. The van der Waals surface area contributed by atoms with Crippen molar-refractivity contribution in [3.8, 4) is 11.5 Å². The van der Waals surface area contributed by atoms with Gasteiger partial charge in [-0.15, -0.1) is 0 Å². The van der Waals surface area contributed by atoms with E-state index in [-0.39, 0.29) is 17.3 Å². The number of rotatable bonds is 4. The Morgan fingerprint density at radius 2 is 1.95 bits per heavy atom. The smallest absolute Gasteiger partial charge is 0.210 e. The van der Waals surface area contributed by atoms with E-state index in [0.29, 0.717) is 29.6 Å². The van der Waals surface area contributed by atoms with Gasteiger partial charge in [0.25, 0.3) is 0 Å². The number of Topliss-reactive ketones (excluding diaryl/α,β-unsaturated/α-hetero) is 1. The first kappa shape index (κ1) is 13.9. The fourth-order valence-corrected chi connectivity index (χ4v) is 3.00. The summed E-state index contributed by atoms with van der Waals surface area (Å²) in [5.74, 6) is 1.03. The largest absolute Gasteiger partial charge is 0.490 e. The van der Waals surface area contributed by atoms with Crippen molar-refractivity contribution in [1.29, 1.82) is 0 Å². The lowest BCUT2D eigenvalue weighted by Gasteiger charge is -2.08. The molecule has 0 fully saturated rings. The van der Waals surface area contributed by atoms with E-state index in [2.05, 4.69) is 0 Å². The van der Waals surface area contributed by atoms with Crippen molar-refractivity contribution >= 4 is 16.6 Å². The molecule has 1 aliphatic rings. The van der Waals surface area contributed by atoms with Gasteiger partial charge in [0.15, 0.2) is 17.3 Å². The molecule has 0 N–H and O–H groups in total. The standard InChI is InChI=1S/C15H14O5S/c16-12(13-3-1-6-18-13)10-21(17)11-4-5-14-15(9-11)20-8-2-7-19-14/h1,3-6,9H,2,7-8,10H2. The quantitative estimate of drug-likeness (QED) is 0.812. The highest BCUT2D eigenvalue weighted by molar-refractivity contribution is 7.85. The second-order valence-electron chi connectivity index (χ2n) is 4.55. The number of hydrogen-bond donors (Lipinski definition) is 0. The maximum absolute atomic E-state index is 12.3. The fraction of sp³-hybridized carbons (Fsp3) is 0.267. The Balaban J connectivity index is 1.76. The number of benzene rings is 1. The predicted molar refractivity (Wildman–Crippen MR) is 76.4 cm³/mol. The summed E-state index contributed by atoms with van der Waals surface area (Å²) in [5, 5.41) is 0. The van der Waals surface area contributed by atoms with Gasteiger partial charge >= 0.3 is 0 Å². The Hall–Kier alpha value is -2.08. The SMILES string of the molecule is O=C(CS(=O)c1ccc2c(c1)OCCCO2)c1ccco1. The van der Waals surface area contributed by atoms with Crippen molar-refractivity contribution in [2.75, 3.05) is 19.0 Å². The van der Waals surface area contributed by atoms with Crippen LogP contribution in [0.3, 0.4) is 0 Å². The molecule has 0 saturated heterocycles. The van der Waals surface area contributed by atoms with Crippen molar-refractivity contribution in [3.63, 3.8) is 0 Å². The number of ketones is 1. The van der Waals surface area contributed by atoms with E-state index in [0.717, 1.165) is 6.42 Å². The molecule has 0 aliphatic carbocycles. The zero-order chi connectivity index (χ0) is 14.7. The molecule has 2 aromatic rings. The number of carbonyl (C=O) groups excluding carboxylic acids is 1. The van der Waals surface area contributed by atoms with Crippen LogP contribution in [-0.2, 0) is 10.8 Å². The number of hydrogen-bond acceptors (Lipinski definition) is 5. The summed E-state index contributed by atoms with van der Waals surface area (Å²) in [6.07, 6.45) is 2.23. The second-order valence-corrected chi connectivity index (χ2v) is 6.00. The molecule has 21 heavy (non-hydrogen) atoms. The topological polar surface area (TPSA) is 65.7 Å². The summed E-state index contributed by atoms with van der Waals surface area (Å²) in [4.78, 5) is 12.4. The summed E-state index contributed by atoms with van der Waals surface area (Å²) >= 11 is 0. The van der Waals surface area contributed by atoms with Crippen LogP contribution in [0.5, 0.6) is 11.5 Å². The number of fused-ring (bicyclic) bond motifs is 1. The molecule has 0 radical (unpaired) electrons. The van der Waals surface area contributed by atoms with Crippen LogP contribution in [0.1, 0.15) is 17.0 Å². The Bertz CT molecular complexity index is 663. The van der Waals surface area contributed by atoms with Crippen molar-refractivity contribution in [2.45, 2.75) is 11.3 Å². The average molecular weight is 306 g/mol. The molecule has 1 aromatic heterocycles. The molecule has 110 valence electrons. The third kappa shape index (κ3) is 3.16. The second kappa shape index (κ2) is 6.13. The highest BCUT2D eigenvalue weighted by atomic mass is 32.2. The number of ether oxygens (including phenoxy) is 2. The van der Waals surface area contributed by atoms with Crippen LogP contribution in [0.4, 0.5) is 0 Å². The molecule has 0 saturated carbocycles. The highest BCUT2D eigenvalue weighted by Crippen LogP contribution is 2.31. The van der Waals surface area contributed by atoms with E-state index in [1.54, 1.807) is 30.3 Å². The van der Waals surface area contributed by atoms with Crippen molar-refractivity contribution < 1.29 is 22.9 Å². The average Bonchev–Trinajstić information content (AvgIpc) is 2.92. The van der Waals surface area contributed by atoms with E-state index >= 15 is 0 Å². The summed E-state index contributed by atoms with van der Waals surface area (Å²) in [6.45, 7) is 1.17. The molecule has 0 amide bonds. The first-order valence-electron chi connectivity index (χ1n) is 6.59. The molecule has 3 rings (SSSR count). The van der Waals surface area contributed by atoms with Gasteiger partial charge in [-0.25, -0.2) is 0 Å². The Kier molecular flexibility index (Phi) is 4.06. The minimum Gasteiger partial charge on any atom is -0.490 e. The molecule has 2 heterocycles. The van der Waals surface area contributed by atoms with Crippen LogP contribution < -0.4 is 9.47 Å². The van der Waals surface area contributed by atoms with E-state index in [9.17, 15) is 9.00 Å². The normalized spacial score (nSPS) is 15.2. The van der Waals surface area contributed by atoms with Gasteiger partial charge in [-0.05, 0) is 24.3 Å². The summed E-state index contributed by atoms with van der Waals surface area (Å²) < 4.78 is 28.4. The molecule has 5 nitrogen and oxygen atoms in total. The van der Waals surface area contributed by atoms with Gasteiger partial charge in [-0.1, -0.05) is 0 Å². The summed E-state index contributed by atoms with van der Waals surface area (Å²) in [5.41, 5.74) is 0. The molecule has 1 aliphatic heterocycles. The maximum Gasteiger partial charge on any atom is 0.210 e. The number of carbonyl (C=O) groups is 1. The van der Waals surface area contributed by atoms with E-state index in [1.165, 1.54) is 6.26 Å². The minimum atomic E-state index is -1.45. The van der Waals surface area contributed by atoms with Crippen molar-refractivity contribution in [2.24, 2.45) is 0 Å². The lowest BCUT2D eigenvalue weighted by Crippen LogP contribution is -2.10. The van der Waals surface area contributed by atoms with Crippen molar-refractivity contribution in [3.05, 3.63) is 42.4 Å². The fourth-order valence-electron chi connectivity index (χ4n) is 2.00. The monoisotopic (exact) mass is 306 g/mol. The zero-order valence-corrected chi connectivity index (χ0v) is 12.1. The molecular formula is C15H14O5S. The molecule has 0 bridgehead atoms. The lowest BCUT2D eigenvalue weighted by atomic mass is 10.3. The molecule has 1 atom stereocenters. The molecule has 1 aromatic carbocycles. The Labute approximate surface area is 124 Å². The third-order valence-electron chi connectivity index (χ3n) is 3.04. The third-order valence-corrected chi connectivity index (χ3v) is 4.34. The van der Waals surface area contributed by atoms with E-state index in [1.807, 2.05) is 0 Å². The zero-order valence-electron chi connectivity index (χ0n) is 11.2. The van der Waals surface area contributed by atoms with Gasteiger partial charge in [0.2, 0.25) is 5.78 Å². The molecule has 6 heteroatoms. The van der Waals surface area contributed by atoms with Crippen LogP contribution in [0.15, 0.2) is 45.9 Å². The Morgan fingerprint density at radius 3 is 2.71 bits per heavy atom. The van der Waals surface area contributed by atoms with Gasteiger partial charge in [-0.2, -0.15) is 0 Å². The van der Waals surface area contributed by atoms with Gasteiger partial charge in [-0.3, -0.25) is 9.00 Å². The van der Waals surface area contributed by atoms with Crippen LogP contribution >= 0.6 is 0 Å². The van der Waals surface area contributed by atoms with Gasteiger partial charge in [0, 0.05) is 17.4 Å². The van der Waals surface area contributed by atoms with Crippen LogP contribution in [0.2, 0.25) is 0 Å². The van der Waals surface area contributed by atoms with Gasteiger partial charge in [0.1, 0.15) is 0 Å². The van der Waals surface area contributed by atoms with Crippen LogP contribution in [0, 0.1) is 0 Å². The molecule has 1 unspecified atom stereocenters. The summed E-state index contributed by atoms with van der Waals surface area (Å²) in [6, 6.07) is 8.29. The minimum absolute atomic E-state index is 0.118.